The number of phenolic OH excluding ortho intramolecular Hbond substituents is 2. The number of aliphatic imine (C=N–C) groups is 1. The monoisotopic (exact) mass is 910 g/mol. The van der Waals surface area contributed by atoms with Crippen molar-refractivity contribution in [1.82, 2.24) is 0 Å². The molecule has 0 aromatic heterocycles. The molecule has 7 heteroatoms. The summed E-state index contributed by atoms with van der Waals surface area (Å²) in [5.74, 6) is 2.87. The van der Waals surface area contributed by atoms with Gasteiger partial charge < -0.3 is 15.1 Å². The fraction of sp³-hybridized carbons (Fsp3) is 0.283. The van der Waals surface area contributed by atoms with Crippen molar-refractivity contribution in [3.05, 3.63) is 166 Å². The molecule has 0 spiro atoms. The predicted octanol–water partition coefficient (Wildman–Crippen LogP) is 12.3. The minimum atomic E-state index is 0. The van der Waals surface area contributed by atoms with E-state index in [1.54, 1.807) is 12.3 Å². The summed E-state index contributed by atoms with van der Waals surface area (Å²) >= 11 is 12.3. The summed E-state index contributed by atoms with van der Waals surface area (Å²) in [5.41, 5.74) is 7.64. The molecule has 4 fully saturated rings. The first-order valence-electron chi connectivity index (χ1n) is 18.1. The molecule has 0 atom stereocenters. The van der Waals surface area contributed by atoms with Crippen LogP contribution in [0.25, 0.3) is 0 Å². The topological polar surface area (TPSA) is 56.1 Å². The Hall–Kier alpha value is -3.64. The first-order chi connectivity index (χ1) is 25.0. The Kier molecular flexibility index (Phi) is 13.9. The summed E-state index contributed by atoms with van der Waals surface area (Å²) < 4.78 is 0. The number of hydrogen-bond acceptors (Lipinski definition) is 4. The molecule has 4 aliphatic rings. The van der Waals surface area contributed by atoms with E-state index in [4.69, 9.17) is 28.2 Å². The van der Waals surface area contributed by atoms with Crippen molar-refractivity contribution in [1.29, 1.82) is 0 Å². The number of rotatable bonds is 6. The van der Waals surface area contributed by atoms with E-state index in [2.05, 4.69) is 26.8 Å². The molecule has 53 heavy (non-hydrogen) atoms. The largest absolute Gasteiger partial charge is 0.507 e. The van der Waals surface area contributed by atoms with E-state index in [0.717, 1.165) is 56.9 Å². The number of aromatic hydroxyl groups is 2. The molecule has 0 saturated heterocycles. The zero-order valence-corrected chi connectivity index (χ0v) is 35.7. The number of nitrogens with zero attached hydrogens (tertiary/aromatic N) is 2. The zero-order valence-electron chi connectivity index (χ0n) is 30.6. The number of anilines is 1. The van der Waals surface area contributed by atoms with Crippen LogP contribution in [-0.2, 0) is 37.8 Å². The van der Waals surface area contributed by atoms with E-state index in [1.807, 2.05) is 103 Å². The summed E-state index contributed by atoms with van der Waals surface area (Å²) in [5, 5.41) is 22.7. The molecule has 5 aromatic carbocycles. The first kappa shape index (κ1) is 40.5. The predicted molar refractivity (Wildman–Crippen MR) is 218 cm³/mol. The van der Waals surface area contributed by atoms with Gasteiger partial charge in [0.05, 0.1) is 16.4 Å². The second-order valence-electron chi connectivity index (χ2n) is 14.9. The summed E-state index contributed by atoms with van der Waals surface area (Å²) in [6.07, 6.45) is 9.56. The number of hydrogen-bond donors (Lipinski definition) is 2. The van der Waals surface area contributed by atoms with Crippen molar-refractivity contribution in [2.75, 3.05) is 11.9 Å². The van der Waals surface area contributed by atoms with Gasteiger partial charge in [-0.2, -0.15) is 49.2 Å². The molecule has 5 aromatic rings. The van der Waals surface area contributed by atoms with Crippen molar-refractivity contribution >= 4 is 40.8 Å². The van der Waals surface area contributed by atoms with Gasteiger partial charge in [0.25, 0.3) is 0 Å². The number of halogens is 2. The van der Waals surface area contributed by atoms with E-state index < -0.39 is 0 Å². The SMILES string of the molecule is Cc1cc(C=Nc2ccccc2N(C)Cc2cc(Cl)cc(Cl)c2O)c(O)c(C23CC4CC(CC(C4)C2)C3)c1.[CH2-]c1ccccc1.[CH2-]c1ccccc1.[Hf]. The molecule has 9 rings (SSSR count). The van der Waals surface area contributed by atoms with Gasteiger partial charge in [0.1, 0.15) is 11.5 Å². The third-order valence-corrected chi connectivity index (χ3v) is 11.2. The minimum Gasteiger partial charge on any atom is -0.507 e. The summed E-state index contributed by atoms with van der Waals surface area (Å²) in [6.45, 7) is 9.96. The third kappa shape index (κ3) is 10.1. The second-order valence-corrected chi connectivity index (χ2v) is 15.8. The Labute approximate surface area is 344 Å². The van der Waals surface area contributed by atoms with Crippen molar-refractivity contribution in [3.8, 4) is 11.5 Å². The standard InChI is InChI=1S/C32H34Cl2N2O2.2C7H7.Hf/c1-19-7-23(30(37)26(8-19)32-14-20-9-21(15-32)11-22(10-20)16-32)17-35-28-5-3-4-6-29(28)36(2)18-24-12-25(33)13-27(34)31(24)38;2*1-7-5-3-2-4-6-7;/h3-8,12-13,17,20-22,37-38H,9-11,14-16,18H2,1-2H3;2*2-6H,1H2;/q;2*-1;. The number of para-hydroxylation sites is 2. The fourth-order valence-corrected chi connectivity index (χ4v) is 9.36. The fourth-order valence-electron chi connectivity index (χ4n) is 8.82. The second kappa shape index (κ2) is 18.1. The summed E-state index contributed by atoms with van der Waals surface area (Å²) in [6, 6.07) is 35.1. The van der Waals surface area contributed by atoms with Crippen LogP contribution in [0.4, 0.5) is 11.4 Å². The Morgan fingerprint density at radius 3 is 1.81 bits per heavy atom. The maximum atomic E-state index is 11.6. The summed E-state index contributed by atoms with van der Waals surface area (Å²) in [4.78, 5) is 6.85. The van der Waals surface area contributed by atoms with Crippen molar-refractivity contribution in [3.63, 3.8) is 0 Å². The molecule has 2 N–H and O–H groups in total. The molecule has 274 valence electrons. The minimum absolute atomic E-state index is 0. The third-order valence-electron chi connectivity index (χ3n) is 10.7. The molecule has 4 bridgehead atoms. The maximum absolute atomic E-state index is 11.6. The Morgan fingerprint density at radius 2 is 1.28 bits per heavy atom. The van der Waals surface area contributed by atoms with Crippen LogP contribution in [0, 0.1) is 38.5 Å². The van der Waals surface area contributed by atoms with E-state index in [-0.39, 0.29) is 42.0 Å². The van der Waals surface area contributed by atoms with Gasteiger partial charge in [0.2, 0.25) is 0 Å². The van der Waals surface area contributed by atoms with E-state index >= 15 is 0 Å². The molecule has 4 aliphatic carbocycles. The molecule has 0 radical (unpaired) electrons. The van der Waals surface area contributed by atoms with Crippen LogP contribution in [0.3, 0.4) is 0 Å². The summed E-state index contributed by atoms with van der Waals surface area (Å²) in [7, 11) is 1.94. The molecule has 0 aliphatic heterocycles. The van der Waals surface area contributed by atoms with Crippen LogP contribution in [0.5, 0.6) is 11.5 Å². The molecular formula is C46H48Cl2HfN2O2-2. The van der Waals surface area contributed by atoms with Crippen LogP contribution >= 0.6 is 23.2 Å². The molecule has 4 nitrogen and oxygen atoms in total. The van der Waals surface area contributed by atoms with Gasteiger partial charge in [-0.15, -0.1) is 24.3 Å². The molecule has 4 saturated carbocycles. The van der Waals surface area contributed by atoms with Gasteiger partial charge in [-0.05, 0) is 105 Å². The molecule has 0 unspecified atom stereocenters. The van der Waals surface area contributed by atoms with Crippen LogP contribution in [0.1, 0.15) is 71.9 Å². The van der Waals surface area contributed by atoms with Crippen LogP contribution < -0.4 is 4.90 Å². The van der Waals surface area contributed by atoms with Gasteiger partial charge in [-0.25, -0.2) is 0 Å². The van der Waals surface area contributed by atoms with Crippen LogP contribution in [-0.4, -0.2) is 23.5 Å². The zero-order chi connectivity index (χ0) is 36.8. The molecular weight excluding hydrogens is 862 g/mol. The van der Waals surface area contributed by atoms with Gasteiger partial charge in [0, 0.05) is 67.4 Å². The van der Waals surface area contributed by atoms with Gasteiger partial charge in [-0.3, -0.25) is 4.99 Å². The molecule has 0 heterocycles. The average molecular weight is 910 g/mol. The van der Waals surface area contributed by atoms with E-state index in [1.165, 1.54) is 44.6 Å². The quantitative estimate of drug-likeness (QED) is 0.101. The number of phenols is 2. The Bertz CT molecular complexity index is 1930. The smallest absolute Gasteiger partial charge is 0.139 e. The van der Waals surface area contributed by atoms with Crippen molar-refractivity contribution in [2.24, 2.45) is 22.7 Å². The van der Waals surface area contributed by atoms with Crippen molar-refractivity contribution < 1.29 is 36.1 Å². The van der Waals surface area contributed by atoms with Crippen LogP contribution in [0.2, 0.25) is 10.0 Å². The number of aryl methyl sites for hydroxylation is 1. The maximum Gasteiger partial charge on any atom is 0.139 e. The number of benzene rings is 5. The molecule has 0 amide bonds. The van der Waals surface area contributed by atoms with Gasteiger partial charge in [0.15, 0.2) is 0 Å². The average Bonchev–Trinajstić information content (AvgIpc) is 3.11. The van der Waals surface area contributed by atoms with Gasteiger partial charge >= 0.3 is 0 Å². The Balaban J connectivity index is 0.000000301. The van der Waals surface area contributed by atoms with Crippen LogP contribution in [0.15, 0.2) is 114 Å². The van der Waals surface area contributed by atoms with E-state index in [9.17, 15) is 10.2 Å². The van der Waals surface area contributed by atoms with E-state index in [0.29, 0.717) is 22.9 Å². The van der Waals surface area contributed by atoms with Gasteiger partial charge in [-0.1, -0.05) is 53.5 Å². The first-order valence-corrected chi connectivity index (χ1v) is 18.8. The normalized spacial score (nSPS) is 20.8. The van der Waals surface area contributed by atoms with Crippen molar-refractivity contribution in [2.45, 2.75) is 57.4 Å². The Morgan fingerprint density at radius 1 is 0.755 bits per heavy atom.